The number of benzene rings is 2. The fourth-order valence-corrected chi connectivity index (χ4v) is 3.21. The first-order chi connectivity index (χ1) is 11.5. The molecular weight excluding hydrogens is 322 g/mol. The Balaban J connectivity index is 1.73. The summed E-state index contributed by atoms with van der Waals surface area (Å²) in [5.41, 5.74) is 3.30. The molecule has 0 unspecified atom stereocenters. The molecule has 0 fully saturated rings. The number of sulfonamides is 1. The van der Waals surface area contributed by atoms with Crippen LogP contribution in [0.4, 0.5) is 17.1 Å². The Kier molecular flexibility index (Phi) is 4.48. The van der Waals surface area contributed by atoms with Crippen LogP contribution in [0.25, 0.3) is 0 Å². The van der Waals surface area contributed by atoms with E-state index in [0.717, 1.165) is 16.9 Å². The summed E-state index contributed by atoms with van der Waals surface area (Å²) in [4.78, 5) is 4.20. The smallest absolute Gasteiger partial charge is 0.261 e. The first-order valence-electron chi connectivity index (χ1n) is 7.39. The first kappa shape index (κ1) is 16.0. The molecule has 122 valence electrons. The average Bonchev–Trinajstić information content (AvgIpc) is 2.58. The molecule has 0 amide bonds. The molecule has 3 rings (SSSR count). The van der Waals surface area contributed by atoms with Crippen molar-refractivity contribution in [3.8, 4) is 0 Å². The van der Waals surface area contributed by atoms with Gasteiger partial charge in [0.1, 0.15) is 0 Å². The van der Waals surface area contributed by atoms with Crippen molar-refractivity contribution < 1.29 is 8.42 Å². The van der Waals surface area contributed by atoms with Crippen LogP contribution in [0, 0.1) is 6.92 Å². The minimum absolute atomic E-state index is 0.243. The van der Waals surface area contributed by atoms with Gasteiger partial charge in [0.15, 0.2) is 0 Å². The largest absolute Gasteiger partial charge is 0.355 e. The molecule has 0 bridgehead atoms. The van der Waals surface area contributed by atoms with Gasteiger partial charge in [-0.1, -0.05) is 17.7 Å². The van der Waals surface area contributed by atoms with E-state index in [4.69, 9.17) is 0 Å². The minimum atomic E-state index is -3.58. The molecule has 0 aliphatic carbocycles. The van der Waals surface area contributed by atoms with Gasteiger partial charge >= 0.3 is 0 Å². The summed E-state index contributed by atoms with van der Waals surface area (Å²) in [5.74, 6) is 0. The van der Waals surface area contributed by atoms with Gasteiger partial charge in [0.05, 0.1) is 4.90 Å². The van der Waals surface area contributed by atoms with Crippen molar-refractivity contribution in [1.29, 1.82) is 0 Å². The number of hydrogen-bond donors (Lipinski definition) is 2. The Hall–Kier alpha value is -2.86. The zero-order valence-corrected chi connectivity index (χ0v) is 13.9. The summed E-state index contributed by atoms with van der Waals surface area (Å²) in [6.07, 6.45) is 3.40. The van der Waals surface area contributed by atoms with Crippen molar-refractivity contribution in [1.82, 2.24) is 4.98 Å². The molecule has 0 saturated heterocycles. The Morgan fingerprint density at radius 1 is 0.750 bits per heavy atom. The molecule has 2 aromatic carbocycles. The zero-order chi connectivity index (χ0) is 17.0. The van der Waals surface area contributed by atoms with Gasteiger partial charge in [-0.3, -0.25) is 9.71 Å². The fraction of sp³-hybridized carbons (Fsp3) is 0.0556. The van der Waals surface area contributed by atoms with Crippen molar-refractivity contribution in [2.75, 3.05) is 10.0 Å². The summed E-state index contributed by atoms with van der Waals surface area (Å²) in [7, 11) is -3.58. The van der Waals surface area contributed by atoms with Crippen LogP contribution in [0.15, 0.2) is 78.0 Å². The molecule has 6 heteroatoms. The maximum Gasteiger partial charge on any atom is 0.261 e. The van der Waals surface area contributed by atoms with E-state index >= 15 is 0 Å². The number of hydrogen-bond acceptors (Lipinski definition) is 4. The lowest BCUT2D eigenvalue weighted by molar-refractivity contribution is 0.601. The van der Waals surface area contributed by atoms with Crippen LogP contribution in [0.3, 0.4) is 0 Å². The number of rotatable bonds is 5. The number of anilines is 3. The van der Waals surface area contributed by atoms with E-state index in [1.165, 1.54) is 0 Å². The lowest BCUT2D eigenvalue weighted by atomic mass is 10.2. The Morgan fingerprint density at radius 2 is 1.29 bits per heavy atom. The maximum absolute atomic E-state index is 12.4. The third-order valence-corrected chi connectivity index (χ3v) is 4.83. The Morgan fingerprint density at radius 3 is 1.92 bits per heavy atom. The van der Waals surface area contributed by atoms with Crippen LogP contribution in [0.2, 0.25) is 0 Å². The molecule has 1 aromatic heterocycles. The second-order valence-corrected chi connectivity index (χ2v) is 7.04. The quantitative estimate of drug-likeness (QED) is 0.739. The van der Waals surface area contributed by atoms with Crippen molar-refractivity contribution >= 4 is 27.1 Å². The number of pyridine rings is 1. The third-order valence-electron chi connectivity index (χ3n) is 3.44. The third kappa shape index (κ3) is 3.91. The van der Waals surface area contributed by atoms with Crippen LogP contribution in [0.1, 0.15) is 5.56 Å². The predicted molar refractivity (Wildman–Crippen MR) is 95.9 cm³/mol. The predicted octanol–water partition coefficient (Wildman–Crippen LogP) is 3.93. The zero-order valence-electron chi connectivity index (χ0n) is 13.1. The summed E-state index contributed by atoms with van der Waals surface area (Å²) in [6.45, 7) is 1.92. The first-order valence-corrected chi connectivity index (χ1v) is 8.88. The van der Waals surface area contributed by atoms with Gasteiger partial charge in [-0.2, -0.15) is 0 Å². The fourth-order valence-electron chi connectivity index (χ4n) is 2.16. The van der Waals surface area contributed by atoms with E-state index < -0.39 is 10.0 Å². The number of nitrogens with zero attached hydrogens (tertiary/aromatic N) is 1. The van der Waals surface area contributed by atoms with Crippen molar-refractivity contribution in [2.45, 2.75) is 11.8 Å². The maximum atomic E-state index is 12.4. The standard InChI is InChI=1S/C18H17N3O2S/c1-14-2-8-18(9-3-14)24(22,23)21-17-6-4-15(5-7-17)20-16-10-12-19-13-11-16/h2-13,21H,1H3,(H,19,20). The number of aryl methyl sites for hydroxylation is 1. The van der Waals surface area contributed by atoms with Crippen molar-refractivity contribution in [3.05, 3.63) is 78.6 Å². The van der Waals surface area contributed by atoms with Crippen LogP contribution in [-0.2, 0) is 10.0 Å². The van der Waals surface area contributed by atoms with Gasteiger partial charge in [0.2, 0.25) is 0 Å². The highest BCUT2D eigenvalue weighted by molar-refractivity contribution is 7.92. The van der Waals surface area contributed by atoms with Crippen LogP contribution >= 0.6 is 0 Å². The molecule has 0 radical (unpaired) electrons. The van der Waals surface area contributed by atoms with Gasteiger partial charge < -0.3 is 5.32 Å². The normalized spacial score (nSPS) is 11.0. The molecule has 5 nitrogen and oxygen atoms in total. The number of nitrogens with one attached hydrogen (secondary N) is 2. The van der Waals surface area contributed by atoms with Gasteiger partial charge in [-0.15, -0.1) is 0 Å². The van der Waals surface area contributed by atoms with Gasteiger partial charge in [-0.05, 0) is 55.5 Å². The molecule has 3 aromatic rings. The van der Waals surface area contributed by atoms with E-state index in [1.807, 2.05) is 31.2 Å². The van der Waals surface area contributed by atoms with E-state index in [9.17, 15) is 8.42 Å². The van der Waals surface area contributed by atoms with Gasteiger partial charge in [-0.25, -0.2) is 8.42 Å². The minimum Gasteiger partial charge on any atom is -0.355 e. The lowest BCUT2D eigenvalue weighted by Crippen LogP contribution is -2.12. The van der Waals surface area contributed by atoms with E-state index in [2.05, 4.69) is 15.0 Å². The Bertz CT molecular complexity index is 907. The average molecular weight is 339 g/mol. The van der Waals surface area contributed by atoms with Crippen LogP contribution < -0.4 is 10.0 Å². The monoisotopic (exact) mass is 339 g/mol. The Labute approximate surface area is 141 Å². The second-order valence-electron chi connectivity index (χ2n) is 5.36. The van der Waals surface area contributed by atoms with E-state index in [1.54, 1.807) is 48.8 Å². The molecule has 0 saturated carbocycles. The lowest BCUT2D eigenvalue weighted by Gasteiger charge is -2.10. The van der Waals surface area contributed by atoms with E-state index in [-0.39, 0.29) is 4.90 Å². The van der Waals surface area contributed by atoms with Crippen molar-refractivity contribution in [3.63, 3.8) is 0 Å². The molecule has 0 atom stereocenters. The highest BCUT2D eigenvalue weighted by atomic mass is 32.2. The molecule has 0 aliphatic heterocycles. The van der Waals surface area contributed by atoms with E-state index in [0.29, 0.717) is 5.69 Å². The molecule has 24 heavy (non-hydrogen) atoms. The molecule has 0 aliphatic rings. The van der Waals surface area contributed by atoms with Crippen LogP contribution in [-0.4, -0.2) is 13.4 Å². The molecular formula is C18H17N3O2S. The summed E-state index contributed by atoms with van der Waals surface area (Å²) in [6, 6.07) is 17.5. The van der Waals surface area contributed by atoms with Gasteiger partial charge in [0, 0.05) is 29.5 Å². The summed E-state index contributed by atoms with van der Waals surface area (Å²) >= 11 is 0. The molecule has 1 heterocycles. The van der Waals surface area contributed by atoms with Gasteiger partial charge in [0.25, 0.3) is 10.0 Å². The number of aromatic nitrogens is 1. The SMILES string of the molecule is Cc1ccc(S(=O)(=O)Nc2ccc(Nc3ccncc3)cc2)cc1. The van der Waals surface area contributed by atoms with Crippen LogP contribution in [0.5, 0.6) is 0 Å². The second kappa shape index (κ2) is 6.72. The van der Waals surface area contributed by atoms with Crippen molar-refractivity contribution in [2.24, 2.45) is 0 Å². The highest BCUT2D eigenvalue weighted by Gasteiger charge is 2.13. The molecule has 0 spiro atoms. The topological polar surface area (TPSA) is 71.1 Å². The summed E-state index contributed by atoms with van der Waals surface area (Å²) < 4.78 is 27.3. The molecule has 2 N–H and O–H groups in total. The summed E-state index contributed by atoms with van der Waals surface area (Å²) in [5, 5.41) is 3.21. The highest BCUT2D eigenvalue weighted by Crippen LogP contribution is 2.21.